The van der Waals surface area contributed by atoms with Crippen LogP contribution in [0.5, 0.6) is 0 Å². The second-order valence-corrected chi connectivity index (χ2v) is 6.23. The Morgan fingerprint density at radius 2 is 1.71 bits per heavy atom. The summed E-state index contributed by atoms with van der Waals surface area (Å²) in [5.74, 6) is 0.0482. The Labute approximate surface area is 104 Å². The molecule has 0 bridgehead atoms. The van der Waals surface area contributed by atoms with Crippen LogP contribution in [0, 0.1) is 5.92 Å². The van der Waals surface area contributed by atoms with Gasteiger partial charge < -0.3 is 15.3 Å². The van der Waals surface area contributed by atoms with Crippen molar-refractivity contribution < 1.29 is 15.3 Å². The number of β-amino-alcohol motifs (C(OH)–C–C–N with tert-alkyl or cyclic N) is 1. The minimum Gasteiger partial charge on any atom is -0.396 e. The minimum atomic E-state index is -0.387. The van der Waals surface area contributed by atoms with E-state index in [-0.39, 0.29) is 36.3 Å². The van der Waals surface area contributed by atoms with Crippen molar-refractivity contribution in [1.82, 2.24) is 4.90 Å². The fourth-order valence-corrected chi connectivity index (χ4v) is 3.59. The van der Waals surface area contributed by atoms with Crippen LogP contribution in [0.15, 0.2) is 0 Å². The Bertz CT molecular complexity index is 253. The van der Waals surface area contributed by atoms with Crippen LogP contribution in [-0.2, 0) is 0 Å². The summed E-state index contributed by atoms with van der Waals surface area (Å²) in [5, 5.41) is 28.6. The van der Waals surface area contributed by atoms with Gasteiger partial charge in [0.15, 0.2) is 0 Å². The highest BCUT2D eigenvalue weighted by Gasteiger charge is 2.50. The van der Waals surface area contributed by atoms with Gasteiger partial charge in [-0.3, -0.25) is 4.90 Å². The summed E-state index contributed by atoms with van der Waals surface area (Å²) in [6.07, 6.45) is 0.898. The number of aliphatic hydroxyl groups excluding tert-OH is 3. The molecule has 102 valence electrons. The van der Waals surface area contributed by atoms with Crippen molar-refractivity contribution >= 4 is 0 Å². The van der Waals surface area contributed by atoms with Gasteiger partial charge in [0, 0.05) is 30.1 Å². The summed E-state index contributed by atoms with van der Waals surface area (Å²) >= 11 is 0. The van der Waals surface area contributed by atoms with Crippen LogP contribution in [-0.4, -0.2) is 57.2 Å². The molecule has 1 aliphatic heterocycles. The zero-order valence-corrected chi connectivity index (χ0v) is 11.5. The predicted molar refractivity (Wildman–Crippen MR) is 67.8 cm³/mol. The minimum absolute atomic E-state index is 0.0482. The van der Waals surface area contributed by atoms with Gasteiger partial charge in [-0.05, 0) is 40.5 Å². The molecule has 1 rings (SSSR count). The zero-order valence-electron chi connectivity index (χ0n) is 11.5. The van der Waals surface area contributed by atoms with E-state index >= 15 is 0 Å². The topological polar surface area (TPSA) is 63.9 Å². The third kappa shape index (κ3) is 2.81. The highest BCUT2D eigenvalue weighted by atomic mass is 16.3. The normalized spacial score (nSPS) is 32.6. The number of hydrogen-bond acceptors (Lipinski definition) is 4. The van der Waals surface area contributed by atoms with Crippen molar-refractivity contribution in [2.75, 3.05) is 19.8 Å². The van der Waals surface area contributed by atoms with Gasteiger partial charge in [-0.25, -0.2) is 0 Å². The first-order valence-electron chi connectivity index (χ1n) is 6.45. The molecule has 1 saturated heterocycles. The SMILES string of the molecule is CC1(C)CC(O)C(CCO)C(C)(C)N1CCO. The second kappa shape index (κ2) is 5.22. The fraction of sp³-hybridized carbons (Fsp3) is 1.00. The molecule has 0 aliphatic carbocycles. The van der Waals surface area contributed by atoms with Crippen molar-refractivity contribution in [3.05, 3.63) is 0 Å². The second-order valence-electron chi connectivity index (χ2n) is 6.23. The van der Waals surface area contributed by atoms with E-state index in [2.05, 4.69) is 32.6 Å². The Morgan fingerprint density at radius 1 is 1.12 bits per heavy atom. The van der Waals surface area contributed by atoms with Crippen LogP contribution >= 0.6 is 0 Å². The van der Waals surface area contributed by atoms with E-state index in [9.17, 15) is 10.2 Å². The van der Waals surface area contributed by atoms with Crippen LogP contribution in [0.25, 0.3) is 0 Å². The van der Waals surface area contributed by atoms with E-state index in [0.717, 1.165) is 0 Å². The molecule has 4 heteroatoms. The quantitative estimate of drug-likeness (QED) is 0.679. The summed E-state index contributed by atoms with van der Waals surface area (Å²) in [7, 11) is 0. The van der Waals surface area contributed by atoms with E-state index in [1.54, 1.807) is 0 Å². The van der Waals surface area contributed by atoms with Gasteiger partial charge in [-0.2, -0.15) is 0 Å². The Morgan fingerprint density at radius 3 is 2.18 bits per heavy atom. The lowest BCUT2D eigenvalue weighted by atomic mass is 9.69. The molecule has 2 unspecified atom stereocenters. The van der Waals surface area contributed by atoms with Gasteiger partial charge in [0.05, 0.1) is 12.7 Å². The predicted octanol–water partition coefficient (Wildman–Crippen LogP) is 0.601. The number of piperidine rings is 1. The summed E-state index contributed by atoms with van der Waals surface area (Å²) in [6.45, 7) is 9.20. The first kappa shape index (κ1) is 14.9. The molecule has 0 aromatic heterocycles. The van der Waals surface area contributed by atoms with Gasteiger partial charge in [0.25, 0.3) is 0 Å². The molecule has 1 aliphatic rings. The summed E-state index contributed by atoms with van der Waals surface area (Å²) in [5.41, 5.74) is -0.343. The van der Waals surface area contributed by atoms with Gasteiger partial charge in [-0.15, -0.1) is 0 Å². The van der Waals surface area contributed by atoms with Crippen LogP contribution in [0.3, 0.4) is 0 Å². The lowest BCUT2D eigenvalue weighted by Gasteiger charge is -2.58. The number of nitrogens with zero attached hydrogens (tertiary/aromatic N) is 1. The molecule has 0 aromatic rings. The van der Waals surface area contributed by atoms with Crippen LogP contribution < -0.4 is 0 Å². The van der Waals surface area contributed by atoms with E-state index < -0.39 is 0 Å². The molecule has 17 heavy (non-hydrogen) atoms. The monoisotopic (exact) mass is 245 g/mol. The molecule has 0 amide bonds. The largest absolute Gasteiger partial charge is 0.396 e. The molecule has 0 radical (unpaired) electrons. The average Bonchev–Trinajstić information content (AvgIpc) is 2.19. The molecular formula is C13H27NO3. The standard InChI is InChI=1S/C13H27NO3/c1-12(2)9-11(17)10(5-7-15)13(3,4)14(12)6-8-16/h10-11,15-17H,5-9H2,1-4H3. The third-order valence-corrected chi connectivity index (χ3v) is 4.27. The van der Waals surface area contributed by atoms with Gasteiger partial charge in [0.1, 0.15) is 0 Å². The van der Waals surface area contributed by atoms with Crippen molar-refractivity contribution in [3.8, 4) is 0 Å². The van der Waals surface area contributed by atoms with Crippen LogP contribution in [0.2, 0.25) is 0 Å². The van der Waals surface area contributed by atoms with Crippen molar-refractivity contribution in [3.63, 3.8) is 0 Å². The summed E-state index contributed by atoms with van der Waals surface area (Å²) in [4.78, 5) is 2.26. The smallest absolute Gasteiger partial charge is 0.0604 e. The number of hydrogen-bond donors (Lipinski definition) is 3. The third-order valence-electron chi connectivity index (χ3n) is 4.27. The van der Waals surface area contributed by atoms with Gasteiger partial charge in [0.2, 0.25) is 0 Å². The molecule has 2 atom stereocenters. The molecule has 0 saturated carbocycles. The molecule has 0 spiro atoms. The van der Waals surface area contributed by atoms with E-state index in [4.69, 9.17) is 5.11 Å². The molecule has 1 heterocycles. The lowest BCUT2D eigenvalue weighted by Crippen LogP contribution is -2.67. The van der Waals surface area contributed by atoms with Crippen molar-refractivity contribution in [1.29, 1.82) is 0 Å². The lowest BCUT2D eigenvalue weighted by molar-refractivity contribution is -0.133. The Kier molecular flexibility index (Phi) is 4.58. The molecule has 3 N–H and O–H groups in total. The van der Waals surface area contributed by atoms with E-state index in [1.165, 1.54) is 0 Å². The maximum atomic E-state index is 10.3. The van der Waals surface area contributed by atoms with Gasteiger partial charge >= 0.3 is 0 Å². The van der Waals surface area contributed by atoms with Crippen LogP contribution in [0.4, 0.5) is 0 Å². The van der Waals surface area contributed by atoms with Gasteiger partial charge in [-0.1, -0.05) is 0 Å². The summed E-state index contributed by atoms with van der Waals surface area (Å²) in [6, 6.07) is 0. The van der Waals surface area contributed by atoms with E-state index in [1.807, 2.05) is 0 Å². The number of rotatable bonds is 4. The highest BCUT2D eigenvalue weighted by Crippen LogP contribution is 2.43. The molecule has 1 fully saturated rings. The zero-order chi connectivity index (χ0) is 13.3. The Balaban J connectivity index is 2.99. The summed E-state index contributed by atoms with van der Waals surface area (Å²) < 4.78 is 0. The Hall–Kier alpha value is -0.160. The average molecular weight is 245 g/mol. The molecular weight excluding hydrogens is 218 g/mol. The van der Waals surface area contributed by atoms with Crippen molar-refractivity contribution in [2.45, 2.75) is 57.7 Å². The maximum Gasteiger partial charge on any atom is 0.0604 e. The fourth-order valence-electron chi connectivity index (χ4n) is 3.59. The maximum absolute atomic E-state index is 10.3. The first-order valence-corrected chi connectivity index (χ1v) is 6.45. The highest BCUT2D eigenvalue weighted by molar-refractivity contribution is 5.04. The van der Waals surface area contributed by atoms with Crippen molar-refractivity contribution in [2.24, 2.45) is 5.92 Å². The number of aliphatic hydroxyl groups is 3. The number of likely N-dealkylation sites (tertiary alicyclic amines) is 1. The van der Waals surface area contributed by atoms with Crippen LogP contribution in [0.1, 0.15) is 40.5 Å². The first-order chi connectivity index (χ1) is 7.77. The molecule has 0 aromatic carbocycles. The van der Waals surface area contributed by atoms with E-state index in [0.29, 0.717) is 19.4 Å². The molecule has 4 nitrogen and oxygen atoms in total.